The minimum Gasteiger partial charge on any atom is -0.329 e. The normalized spacial score (nSPS) is 26.5. The molecule has 1 aromatic rings. The molecule has 0 unspecified atom stereocenters. The van der Waals surface area contributed by atoms with Gasteiger partial charge in [-0.05, 0) is 42.9 Å². The van der Waals surface area contributed by atoms with E-state index in [1.165, 1.54) is 5.56 Å². The lowest BCUT2D eigenvalue weighted by Crippen LogP contribution is -2.51. The van der Waals surface area contributed by atoms with Crippen molar-refractivity contribution >= 4 is 11.6 Å². The maximum absolute atomic E-state index is 12.3. The first kappa shape index (κ1) is 13.1. The number of nitrogens with two attached hydrogens (primary N) is 1. The van der Waals surface area contributed by atoms with Crippen LogP contribution in [-0.2, 0) is 11.2 Å². The summed E-state index contributed by atoms with van der Waals surface area (Å²) in [6, 6.07) is 8.02. The molecule has 0 spiro atoms. The van der Waals surface area contributed by atoms with Crippen LogP contribution in [0.4, 0.5) is 5.69 Å². The van der Waals surface area contributed by atoms with Crippen molar-refractivity contribution in [3.05, 3.63) is 29.8 Å². The smallest absolute Gasteiger partial charge is 0.231 e. The third-order valence-electron chi connectivity index (χ3n) is 3.97. The van der Waals surface area contributed by atoms with Crippen LogP contribution in [0.5, 0.6) is 0 Å². The van der Waals surface area contributed by atoms with E-state index >= 15 is 0 Å². The zero-order valence-corrected chi connectivity index (χ0v) is 11.2. The van der Waals surface area contributed by atoms with Gasteiger partial charge in [0.15, 0.2) is 0 Å². The lowest BCUT2D eigenvalue weighted by Gasteiger charge is -2.44. The Morgan fingerprint density at radius 2 is 2.00 bits per heavy atom. The summed E-state index contributed by atoms with van der Waals surface area (Å²) in [5, 5.41) is 2.99. The molecule has 1 aliphatic rings. The Balaban J connectivity index is 2.02. The van der Waals surface area contributed by atoms with Crippen LogP contribution in [0.25, 0.3) is 0 Å². The van der Waals surface area contributed by atoms with E-state index in [2.05, 4.69) is 19.2 Å². The van der Waals surface area contributed by atoms with E-state index < -0.39 is 0 Å². The second-order valence-corrected chi connectivity index (χ2v) is 5.50. The highest BCUT2D eigenvalue weighted by Gasteiger charge is 2.47. The fraction of sp³-hybridized carbons (Fsp3) is 0.533. The summed E-state index contributed by atoms with van der Waals surface area (Å²) in [6.07, 6.45) is 2.82. The van der Waals surface area contributed by atoms with Crippen LogP contribution in [0, 0.1) is 11.3 Å². The molecule has 0 saturated heterocycles. The van der Waals surface area contributed by atoms with Gasteiger partial charge < -0.3 is 11.1 Å². The van der Waals surface area contributed by atoms with Crippen LogP contribution in [0.2, 0.25) is 0 Å². The second kappa shape index (κ2) is 5.11. The van der Waals surface area contributed by atoms with Crippen LogP contribution in [-0.4, -0.2) is 12.5 Å². The zero-order valence-electron chi connectivity index (χ0n) is 11.2. The maximum atomic E-state index is 12.3. The van der Waals surface area contributed by atoms with Crippen LogP contribution in [0.15, 0.2) is 24.3 Å². The first-order valence-corrected chi connectivity index (χ1v) is 6.70. The highest BCUT2D eigenvalue weighted by Crippen LogP contribution is 2.45. The Bertz CT molecular complexity index is 419. The van der Waals surface area contributed by atoms with E-state index in [1.807, 2.05) is 24.3 Å². The number of hydrogen-bond donors (Lipinski definition) is 2. The number of carbonyl (C=O) groups excluding carboxylic acids is 1. The molecule has 3 heteroatoms. The van der Waals surface area contributed by atoms with Crippen LogP contribution in [0.1, 0.15) is 32.3 Å². The molecule has 3 N–H and O–H groups in total. The van der Waals surface area contributed by atoms with Crippen LogP contribution in [0.3, 0.4) is 0 Å². The molecule has 1 amide bonds. The molecule has 0 bridgehead atoms. The third-order valence-corrected chi connectivity index (χ3v) is 3.97. The van der Waals surface area contributed by atoms with E-state index in [-0.39, 0.29) is 11.3 Å². The average molecular weight is 246 g/mol. The molecule has 98 valence electrons. The number of carbonyl (C=O) groups is 1. The van der Waals surface area contributed by atoms with Gasteiger partial charge in [0, 0.05) is 12.2 Å². The molecule has 0 atom stereocenters. The summed E-state index contributed by atoms with van der Waals surface area (Å²) >= 11 is 0. The lowest BCUT2D eigenvalue weighted by atomic mass is 9.62. The van der Waals surface area contributed by atoms with Gasteiger partial charge in [0.05, 0.1) is 5.41 Å². The van der Waals surface area contributed by atoms with Crippen molar-refractivity contribution in [3.63, 3.8) is 0 Å². The highest BCUT2D eigenvalue weighted by atomic mass is 16.2. The average Bonchev–Trinajstić information content (AvgIpc) is 2.35. The lowest BCUT2D eigenvalue weighted by molar-refractivity contribution is -0.132. The molecule has 1 aliphatic carbocycles. The Morgan fingerprint density at radius 3 is 2.44 bits per heavy atom. The first-order valence-electron chi connectivity index (χ1n) is 6.70. The van der Waals surface area contributed by atoms with Gasteiger partial charge in [-0.15, -0.1) is 0 Å². The van der Waals surface area contributed by atoms with Gasteiger partial charge in [-0.1, -0.05) is 26.0 Å². The SMILES string of the molecule is CCc1ccc(NC(=O)C2(CN)CC(C)C2)cc1. The van der Waals surface area contributed by atoms with Crippen molar-refractivity contribution < 1.29 is 4.79 Å². The van der Waals surface area contributed by atoms with Crippen molar-refractivity contribution in [2.75, 3.05) is 11.9 Å². The summed E-state index contributed by atoms with van der Waals surface area (Å²) in [5.74, 6) is 0.689. The zero-order chi connectivity index (χ0) is 13.2. The van der Waals surface area contributed by atoms with E-state index in [4.69, 9.17) is 5.73 Å². The van der Waals surface area contributed by atoms with Crippen molar-refractivity contribution in [2.45, 2.75) is 33.1 Å². The van der Waals surface area contributed by atoms with Gasteiger partial charge >= 0.3 is 0 Å². The molecule has 18 heavy (non-hydrogen) atoms. The second-order valence-electron chi connectivity index (χ2n) is 5.50. The van der Waals surface area contributed by atoms with Gasteiger partial charge in [0.25, 0.3) is 0 Å². The third kappa shape index (κ3) is 2.41. The van der Waals surface area contributed by atoms with E-state index in [0.717, 1.165) is 24.9 Å². The Kier molecular flexibility index (Phi) is 3.71. The van der Waals surface area contributed by atoms with Crippen molar-refractivity contribution in [3.8, 4) is 0 Å². The molecule has 0 heterocycles. The van der Waals surface area contributed by atoms with E-state index in [0.29, 0.717) is 12.5 Å². The summed E-state index contributed by atoms with van der Waals surface area (Å²) < 4.78 is 0. The minimum absolute atomic E-state index is 0.0762. The fourth-order valence-electron chi connectivity index (χ4n) is 2.81. The Labute approximate surface area is 109 Å². The summed E-state index contributed by atoms with van der Waals surface area (Å²) in [4.78, 5) is 12.3. The summed E-state index contributed by atoms with van der Waals surface area (Å²) in [7, 11) is 0. The number of hydrogen-bond acceptors (Lipinski definition) is 2. The largest absolute Gasteiger partial charge is 0.329 e. The maximum Gasteiger partial charge on any atom is 0.231 e. The van der Waals surface area contributed by atoms with Crippen molar-refractivity contribution in [1.29, 1.82) is 0 Å². The van der Waals surface area contributed by atoms with Gasteiger partial charge in [-0.25, -0.2) is 0 Å². The highest BCUT2D eigenvalue weighted by molar-refractivity contribution is 5.96. The van der Waals surface area contributed by atoms with Crippen LogP contribution < -0.4 is 11.1 Å². The number of anilines is 1. The van der Waals surface area contributed by atoms with Gasteiger partial charge in [-0.2, -0.15) is 0 Å². The number of rotatable bonds is 4. The molecular weight excluding hydrogens is 224 g/mol. The number of aryl methyl sites for hydroxylation is 1. The standard InChI is InChI=1S/C15H22N2O/c1-3-12-4-6-13(7-5-12)17-14(18)15(10-16)8-11(2)9-15/h4-7,11H,3,8-10,16H2,1-2H3,(H,17,18). The summed E-state index contributed by atoms with van der Waals surface area (Å²) in [6.45, 7) is 4.72. The molecule has 0 radical (unpaired) electrons. The fourth-order valence-corrected chi connectivity index (χ4v) is 2.81. The topological polar surface area (TPSA) is 55.1 Å². The predicted octanol–water partition coefficient (Wildman–Crippen LogP) is 2.56. The quantitative estimate of drug-likeness (QED) is 0.858. The van der Waals surface area contributed by atoms with Crippen molar-refractivity contribution in [1.82, 2.24) is 0 Å². The predicted molar refractivity (Wildman–Crippen MR) is 74.3 cm³/mol. The number of amides is 1. The molecule has 0 aliphatic heterocycles. The van der Waals surface area contributed by atoms with Gasteiger partial charge in [0.2, 0.25) is 5.91 Å². The van der Waals surface area contributed by atoms with E-state index in [9.17, 15) is 4.79 Å². The molecule has 0 aromatic heterocycles. The minimum atomic E-state index is -0.331. The summed E-state index contributed by atoms with van der Waals surface area (Å²) in [5.41, 5.74) is 7.58. The molecular formula is C15H22N2O. The first-order chi connectivity index (χ1) is 8.59. The molecule has 3 nitrogen and oxygen atoms in total. The molecule has 1 fully saturated rings. The Hall–Kier alpha value is -1.35. The molecule has 2 rings (SSSR count). The molecule has 1 aromatic carbocycles. The van der Waals surface area contributed by atoms with Crippen LogP contribution >= 0.6 is 0 Å². The Morgan fingerprint density at radius 1 is 1.39 bits per heavy atom. The van der Waals surface area contributed by atoms with E-state index in [1.54, 1.807) is 0 Å². The number of nitrogens with one attached hydrogen (secondary N) is 1. The molecule has 1 saturated carbocycles. The number of benzene rings is 1. The van der Waals surface area contributed by atoms with Gasteiger partial charge in [-0.3, -0.25) is 4.79 Å². The van der Waals surface area contributed by atoms with Gasteiger partial charge in [0.1, 0.15) is 0 Å². The van der Waals surface area contributed by atoms with Crippen molar-refractivity contribution in [2.24, 2.45) is 17.1 Å². The monoisotopic (exact) mass is 246 g/mol.